The standard InChI is InChI=1S/C18H17F3N2O2/c1-3-23(15-6-4-5-12(2)11-15)17(25)16(24)22-14-9-7-13(8-10-14)18(19,20)21/h4-11H,3H2,1-2H3,(H,22,24). The van der Waals surface area contributed by atoms with Crippen molar-refractivity contribution >= 4 is 23.2 Å². The zero-order valence-electron chi connectivity index (χ0n) is 13.7. The average Bonchev–Trinajstić information content (AvgIpc) is 2.55. The van der Waals surface area contributed by atoms with Crippen LogP contribution in [0.4, 0.5) is 24.5 Å². The summed E-state index contributed by atoms with van der Waals surface area (Å²) in [6.45, 7) is 3.87. The quantitative estimate of drug-likeness (QED) is 0.851. The van der Waals surface area contributed by atoms with Crippen molar-refractivity contribution in [3.05, 3.63) is 59.7 Å². The molecule has 2 aromatic carbocycles. The van der Waals surface area contributed by atoms with Gasteiger partial charge in [0.2, 0.25) is 0 Å². The van der Waals surface area contributed by atoms with Crippen LogP contribution >= 0.6 is 0 Å². The number of carbonyl (C=O) groups is 2. The molecule has 4 nitrogen and oxygen atoms in total. The number of likely N-dealkylation sites (N-methyl/N-ethyl adjacent to an activating group) is 1. The molecule has 0 bridgehead atoms. The number of hydrogen-bond donors (Lipinski definition) is 1. The van der Waals surface area contributed by atoms with E-state index in [0.717, 1.165) is 29.8 Å². The molecule has 0 aliphatic carbocycles. The van der Waals surface area contributed by atoms with Crippen molar-refractivity contribution < 1.29 is 22.8 Å². The lowest BCUT2D eigenvalue weighted by molar-refractivity contribution is -0.137. The molecule has 0 saturated heterocycles. The van der Waals surface area contributed by atoms with Crippen LogP contribution in [-0.2, 0) is 15.8 Å². The molecule has 0 radical (unpaired) electrons. The van der Waals surface area contributed by atoms with Crippen LogP contribution < -0.4 is 10.2 Å². The topological polar surface area (TPSA) is 49.4 Å². The van der Waals surface area contributed by atoms with E-state index in [2.05, 4.69) is 5.32 Å². The van der Waals surface area contributed by atoms with Gasteiger partial charge in [0.15, 0.2) is 0 Å². The Morgan fingerprint density at radius 2 is 1.72 bits per heavy atom. The van der Waals surface area contributed by atoms with E-state index in [4.69, 9.17) is 0 Å². The molecule has 7 heteroatoms. The van der Waals surface area contributed by atoms with Crippen LogP contribution in [0.1, 0.15) is 18.1 Å². The molecule has 0 heterocycles. The maximum Gasteiger partial charge on any atom is 0.416 e. The second-order valence-electron chi connectivity index (χ2n) is 5.42. The number of benzene rings is 2. The Kier molecular flexibility index (Phi) is 5.46. The molecule has 0 aliphatic rings. The molecule has 2 aromatic rings. The summed E-state index contributed by atoms with van der Waals surface area (Å²) in [7, 11) is 0. The first kappa shape index (κ1) is 18.5. The summed E-state index contributed by atoms with van der Waals surface area (Å²) in [5.41, 5.74) is 0.806. The van der Waals surface area contributed by atoms with Crippen molar-refractivity contribution in [2.75, 3.05) is 16.8 Å². The Morgan fingerprint density at radius 1 is 1.08 bits per heavy atom. The number of hydrogen-bond acceptors (Lipinski definition) is 2. The third-order valence-corrected chi connectivity index (χ3v) is 3.54. The van der Waals surface area contributed by atoms with Gasteiger partial charge < -0.3 is 10.2 Å². The van der Waals surface area contributed by atoms with Gasteiger partial charge in [-0.2, -0.15) is 13.2 Å². The van der Waals surface area contributed by atoms with Crippen molar-refractivity contribution in [2.24, 2.45) is 0 Å². The highest BCUT2D eigenvalue weighted by atomic mass is 19.4. The first-order valence-electron chi connectivity index (χ1n) is 7.59. The molecular formula is C18H17F3N2O2. The lowest BCUT2D eigenvalue weighted by atomic mass is 10.2. The van der Waals surface area contributed by atoms with E-state index in [0.29, 0.717) is 5.69 Å². The maximum atomic E-state index is 12.5. The van der Waals surface area contributed by atoms with Gasteiger partial charge in [-0.3, -0.25) is 9.59 Å². The van der Waals surface area contributed by atoms with Crippen LogP contribution in [0.5, 0.6) is 0 Å². The zero-order valence-corrected chi connectivity index (χ0v) is 13.7. The van der Waals surface area contributed by atoms with Crippen LogP contribution in [0.3, 0.4) is 0 Å². The van der Waals surface area contributed by atoms with Gasteiger partial charge in [-0.1, -0.05) is 12.1 Å². The summed E-state index contributed by atoms with van der Waals surface area (Å²) in [6.07, 6.45) is -4.46. The SMILES string of the molecule is CCN(C(=O)C(=O)Nc1ccc(C(F)(F)F)cc1)c1cccc(C)c1. The molecule has 0 fully saturated rings. The van der Waals surface area contributed by atoms with E-state index in [1.165, 1.54) is 4.90 Å². The van der Waals surface area contributed by atoms with Gasteiger partial charge in [0.1, 0.15) is 0 Å². The van der Waals surface area contributed by atoms with Crippen LogP contribution in [0.2, 0.25) is 0 Å². The van der Waals surface area contributed by atoms with E-state index in [-0.39, 0.29) is 12.2 Å². The lowest BCUT2D eigenvalue weighted by Gasteiger charge is -2.20. The van der Waals surface area contributed by atoms with Gasteiger partial charge in [-0.25, -0.2) is 0 Å². The molecule has 0 unspecified atom stereocenters. The molecule has 0 aliphatic heterocycles. The van der Waals surface area contributed by atoms with Crippen LogP contribution in [0.25, 0.3) is 0 Å². The predicted molar refractivity (Wildman–Crippen MR) is 89.3 cm³/mol. The molecule has 1 N–H and O–H groups in total. The van der Waals surface area contributed by atoms with Crippen molar-refractivity contribution in [3.8, 4) is 0 Å². The second kappa shape index (κ2) is 7.38. The fourth-order valence-electron chi connectivity index (χ4n) is 2.29. The van der Waals surface area contributed by atoms with Crippen molar-refractivity contribution in [3.63, 3.8) is 0 Å². The zero-order chi connectivity index (χ0) is 18.6. The minimum atomic E-state index is -4.46. The number of aryl methyl sites for hydroxylation is 1. The Hall–Kier alpha value is -2.83. The van der Waals surface area contributed by atoms with Gasteiger partial charge in [0.25, 0.3) is 0 Å². The Bertz CT molecular complexity index is 771. The molecule has 0 spiro atoms. The van der Waals surface area contributed by atoms with E-state index in [1.807, 2.05) is 13.0 Å². The van der Waals surface area contributed by atoms with Crippen molar-refractivity contribution in [1.82, 2.24) is 0 Å². The summed E-state index contributed by atoms with van der Waals surface area (Å²) in [6, 6.07) is 11.0. The molecule has 132 valence electrons. The van der Waals surface area contributed by atoms with Crippen molar-refractivity contribution in [1.29, 1.82) is 0 Å². The summed E-state index contributed by atoms with van der Waals surface area (Å²) in [4.78, 5) is 25.8. The van der Waals surface area contributed by atoms with Crippen LogP contribution in [0.15, 0.2) is 48.5 Å². The van der Waals surface area contributed by atoms with E-state index < -0.39 is 23.6 Å². The fraction of sp³-hybridized carbons (Fsp3) is 0.222. The summed E-state index contributed by atoms with van der Waals surface area (Å²) in [5, 5.41) is 2.32. The number of rotatable bonds is 3. The smallest absolute Gasteiger partial charge is 0.318 e. The minimum absolute atomic E-state index is 0.117. The summed E-state index contributed by atoms with van der Waals surface area (Å²) >= 11 is 0. The molecular weight excluding hydrogens is 333 g/mol. The highest BCUT2D eigenvalue weighted by molar-refractivity contribution is 6.44. The monoisotopic (exact) mass is 350 g/mol. The molecule has 0 atom stereocenters. The molecule has 2 rings (SSSR count). The Labute approximate surface area is 143 Å². The highest BCUT2D eigenvalue weighted by Crippen LogP contribution is 2.29. The Morgan fingerprint density at radius 3 is 2.24 bits per heavy atom. The number of carbonyl (C=O) groups excluding carboxylic acids is 2. The maximum absolute atomic E-state index is 12.5. The first-order valence-corrected chi connectivity index (χ1v) is 7.59. The lowest BCUT2D eigenvalue weighted by Crippen LogP contribution is -2.39. The van der Waals surface area contributed by atoms with Gasteiger partial charge >= 0.3 is 18.0 Å². The third-order valence-electron chi connectivity index (χ3n) is 3.54. The number of halogens is 3. The largest absolute Gasteiger partial charge is 0.416 e. The minimum Gasteiger partial charge on any atom is -0.318 e. The van der Waals surface area contributed by atoms with Gasteiger partial charge in [0, 0.05) is 17.9 Å². The molecule has 25 heavy (non-hydrogen) atoms. The van der Waals surface area contributed by atoms with Crippen LogP contribution in [-0.4, -0.2) is 18.4 Å². The highest BCUT2D eigenvalue weighted by Gasteiger charge is 2.30. The molecule has 0 aromatic heterocycles. The average molecular weight is 350 g/mol. The number of amides is 2. The number of alkyl halides is 3. The summed E-state index contributed by atoms with van der Waals surface area (Å²) < 4.78 is 37.6. The Balaban J connectivity index is 2.12. The van der Waals surface area contributed by atoms with Gasteiger partial charge in [-0.15, -0.1) is 0 Å². The molecule has 0 saturated carbocycles. The van der Waals surface area contributed by atoms with Gasteiger partial charge in [-0.05, 0) is 55.8 Å². The number of anilines is 2. The number of nitrogens with zero attached hydrogens (tertiary/aromatic N) is 1. The van der Waals surface area contributed by atoms with Gasteiger partial charge in [0.05, 0.1) is 5.56 Å². The van der Waals surface area contributed by atoms with E-state index in [1.54, 1.807) is 25.1 Å². The fourth-order valence-corrected chi connectivity index (χ4v) is 2.29. The van der Waals surface area contributed by atoms with E-state index in [9.17, 15) is 22.8 Å². The normalized spacial score (nSPS) is 11.1. The van der Waals surface area contributed by atoms with Crippen LogP contribution in [0, 0.1) is 6.92 Å². The second-order valence-corrected chi connectivity index (χ2v) is 5.42. The number of nitrogens with one attached hydrogen (secondary N) is 1. The summed E-state index contributed by atoms with van der Waals surface area (Å²) in [5.74, 6) is -1.70. The van der Waals surface area contributed by atoms with E-state index >= 15 is 0 Å². The first-order chi connectivity index (χ1) is 11.7. The third kappa shape index (κ3) is 4.59. The van der Waals surface area contributed by atoms with Crippen molar-refractivity contribution in [2.45, 2.75) is 20.0 Å². The predicted octanol–water partition coefficient (Wildman–Crippen LogP) is 4.01. The molecule has 2 amide bonds.